The molecule has 10 heteroatoms. The number of carbonyl (C=O) groups is 2. The number of nitrogens with one attached hydrogen (secondary N) is 2. The smallest absolute Gasteiger partial charge is 0.339 e. The van der Waals surface area contributed by atoms with E-state index < -0.39 is 16.0 Å². The molecule has 39 heavy (non-hydrogen) atoms. The van der Waals surface area contributed by atoms with Crippen molar-refractivity contribution in [2.75, 3.05) is 7.11 Å². The number of rotatable bonds is 9. The molecule has 0 aliphatic heterocycles. The second-order valence-corrected chi connectivity index (χ2v) is 11.4. The summed E-state index contributed by atoms with van der Waals surface area (Å²) < 4.78 is 47.1. The van der Waals surface area contributed by atoms with Gasteiger partial charge in [0.2, 0.25) is 15.9 Å². The van der Waals surface area contributed by atoms with Crippen LogP contribution in [0, 0.1) is 11.7 Å². The van der Waals surface area contributed by atoms with E-state index >= 15 is 0 Å². The fourth-order valence-corrected chi connectivity index (χ4v) is 6.11. The first-order chi connectivity index (χ1) is 18.6. The van der Waals surface area contributed by atoms with Crippen LogP contribution in [0.2, 0.25) is 0 Å². The van der Waals surface area contributed by atoms with Crippen molar-refractivity contribution in [3.63, 3.8) is 0 Å². The molecule has 0 radical (unpaired) electrons. The number of carboxylic acids is 1. The van der Waals surface area contributed by atoms with Gasteiger partial charge in [-0.3, -0.25) is 4.79 Å². The van der Waals surface area contributed by atoms with Crippen LogP contribution in [0.15, 0.2) is 71.6 Å². The third-order valence-electron chi connectivity index (χ3n) is 7.08. The number of benzene rings is 3. The first-order valence-electron chi connectivity index (χ1n) is 12.7. The third-order valence-corrected chi connectivity index (χ3v) is 8.61. The largest absolute Gasteiger partial charge is 0.496 e. The van der Waals surface area contributed by atoms with Crippen molar-refractivity contribution in [1.82, 2.24) is 10.0 Å². The molecule has 0 bridgehead atoms. The lowest BCUT2D eigenvalue weighted by atomic mass is 9.85. The van der Waals surface area contributed by atoms with Crippen LogP contribution in [-0.4, -0.2) is 38.6 Å². The van der Waals surface area contributed by atoms with Gasteiger partial charge in [0, 0.05) is 12.0 Å². The molecule has 1 atom stereocenters. The monoisotopic (exact) mass is 554 g/mol. The average molecular weight is 555 g/mol. The number of sulfonamides is 1. The lowest BCUT2D eigenvalue weighted by Gasteiger charge is -2.29. The van der Waals surface area contributed by atoms with E-state index in [2.05, 4.69) is 10.0 Å². The Kier molecular flexibility index (Phi) is 8.66. The number of halogens is 1. The molecular weight excluding hydrogens is 523 g/mol. The Morgan fingerprint density at radius 2 is 1.56 bits per heavy atom. The van der Waals surface area contributed by atoms with E-state index in [1.165, 1.54) is 37.4 Å². The summed E-state index contributed by atoms with van der Waals surface area (Å²) in [6.07, 6.45) is 2.19. The van der Waals surface area contributed by atoms with Gasteiger partial charge in [0.1, 0.15) is 17.1 Å². The summed E-state index contributed by atoms with van der Waals surface area (Å²) in [5, 5.41) is 12.2. The highest BCUT2D eigenvalue weighted by Crippen LogP contribution is 2.29. The van der Waals surface area contributed by atoms with Gasteiger partial charge in [-0.05, 0) is 85.7 Å². The van der Waals surface area contributed by atoms with Gasteiger partial charge in [-0.25, -0.2) is 22.3 Å². The van der Waals surface area contributed by atoms with Gasteiger partial charge in [-0.1, -0.05) is 30.3 Å². The van der Waals surface area contributed by atoms with Gasteiger partial charge in [0.05, 0.1) is 18.0 Å². The molecule has 3 aromatic carbocycles. The highest BCUT2D eigenvalue weighted by molar-refractivity contribution is 7.89. The molecule has 0 unspecified atom stereocenters. The maximum atomic E-state index is 13.2. The van der Waals surface area contributed by atoms with Crippen LogP contribution >= 0.6 is 0 Å². The zero-order chi connectivity index (χ0) is 28.2. The number of amides is 1. The van der Waals surface area contributed by atoms with Gasteiger partial charge in [-0.15, -0.1) is 0 Å². The summed E-state index contributed by atoms with van der Waals surface area (Å²) in [5.74, 6) is -1.51. The Hall–Kier alpha value is -3.76. The lowest BCUT2D eigenvalue weighted by molar-refractivity contribution is -0.126. The summed E-state index contributed by atoms with van der Waals surface area (Å²) in [7, 11) is -2.38. The number of hydrogen-bond acceptors (Lipinski definition) is 5. The van der Waals surface area contributed by atoms with Crippen molar-refractivity contribution in [2.45, 2.75) is 49.6 Å². The van der Waals surface area contributed by atoms with Crippen molar-refractivity contribution in [3.05, 3.63) is 83.7 Å². The predicted octanol–water partition coefficient (Wildman–Crippen LogP) is 4.91. The number of carbonyl (C=O) groups excluding carboxylic acids is 1. The van der Waals surface area contributed by atoms with Crippen molar-refractivity contribution in [1.29, 1.82) is 0 Å². The van der Waals surface area contributed by atoms with E-state index in [1.54, 1.807) is 36.4 Å². The number of carboxylic acid groups (broad SMARTS) is 1. The number of ether oxygens (including phenoxy) is 1. The maximum Gasteiger partial charge on any atom is 0.339 e. The third kappa shape index (κ3) is 6.82. The second-order valence-electron chi connectivity index (χ2n) is 9.70. The molecule has 1 saturated carbocycles. The topological polar surface area (TPSA) is 122 Å². The van der Waals surface area contributed by atoms with Crippen LogP contribution in [-0.2, 0) is 14.8 Å². The summed E-state index contributed by atoms with van der Waals surface area (Å²) in [6.45, 7) is 1.84. The number of hydrogen-bond donors (Lipinski definition) is 3. The molecule has 1 fully saturated rings. The van der Waals surface area contributed by atoms with Crippen LogP contribution in [0.25, 0.3) is 11.1 Å². The summed E-state index contributed by atoms with van der Waals surface area (Å²) in [4.78, 5) is 24.2. The van der Waals surface area contributed by atoms with E-state index in [1.807, 2.05) is 6.92 Å². The molecule has 0 spiro atoms. The van der Waals surface area contributed by atoms with Crippen LogP contribution < -0.4 is 14.8 Å². The van der Waals surface area contributed by atoms with Crippen molar-refractivity contribution in [2.24, 2.45) is 5.92 Å². The van der Waals surface area contributed by atoms with Crippen LogP contribution in [0.5, 0.6) is 5.75 Å². The maximum absolute atomic E-state index is 13.2. The first kappa shape index (κ1) is 28.3. The Morgan fingerprint density at radius 3 is 2.15 bits per heavy atom. The van der Waals surface area contributed by atoms with Crippen molar-refractivity contribution >= 4 is 21.9 Å². The standard InChI is InChI=1S/C29H31FN2O6S/c1-18(19-3-10-23(30)11-4-19)31-28(33)21-5-12-24(13-6-21)32-39(36,37)25-14-7-20(8-15-25)22-9-16-26(29(34)35)27(17-22)38-2/h3-4,7-11,14-18,21,24,32H,5-6,12-13H2,1-2H3,(H,31,33)(H,34,35)/t18-,21-,24-/m1/s1. The van der Waals surface area contributed by atoms with Crippen molar-refractivity contribution < 1.29 is 32.2 Å². The van der Waals surface area contributed by atoms with Gasteiger partial charge in [-0.2, -0.15) is 0 Å². The van der Waals surface area contributed by atoms with Gasteiger partial charge in [0.25, 0.3) is 0 Å². The molecule has 1 aliphatic rings. The number of methoxy groups -OCH3 is 1. The molecule has 1 amide bonds. The van der Waals surface area contributed by atoms with Crippen LogP contribution in [0.3, 0.4) is 0 Å². The van der Waals surface area contributed by atoms with E-state index in [9.17, 15) is 27.5 Å². The zero-order valence-corrected chi connectivity index (χ0v) is 22.5. The highest BCUT2D eigenvalue weighted by atomic mass is 32.2. The fraction of sp³-hybridized carbons (Fsp3) is 0.310. The molecule has 0 heterocycles. The molecule has 3 aromatic rings. The second kappa shape index (κ2) is 12.0. The van der Waals surface area contributed by atoms with Gasteiger partial charge >= 0.3 is 5.97 Å². The number of aromatic carboxylic acids is 1. The Morgan fingerprint density at radius 1 is 0.949 bits per heavy atom. The molecule has 4 rings (SSSR count). The molecule has 0 saturated heterocycles. The Labute approximate surface area is 227 Å². The minimum atomic E-state index is -3.77. The summed E-state index contributed by atoms with van der Waals surface area (Å²) >= 11 is 0. The predicted molar refractivity (Wildman–Crippen MR) is 144 cm³/mol. The SMILES string of the molecule is COc1cc(-c2ccc(S(=O)(=O)N[C@H]3CC[C@H](C(=O)N[C@H](C)c4ccc(F)cc4)CC3)cc2)ccc1C(=O)O. The molecule has 8 nitrogen and oxygen atoms in total. The van der Waals surface area contributed by atoms with E-state index in [4.69, 9.17) is 4.74 Å². The van der Waals surface area contributed by atoms with E-state index in [0.717, 1.165) is 5.56 Å². The highest BCUT2D eigenvalue weighted by Gasteiger charge is 2.30. The Bertz CT molecular complexity index is 1430. The average Bonchev–Trinajstić information content (AvgIpc) is 2.93. The van der Waals surface area contributed by atoms with Gasteiger partial charge in [0.15, 0.2) is 0 Å². The first-order valence-corrected chi connectivity index (χ1v) is 14.2. The van der Waals surface area contributed by atoms with Crippen LogP contribution in [0.1, 0.15) is 54.6 Å². The normalized spacial score (nSPS) is 18.2. The van der Waals surface area contributed by atoms with Crippen molar-refractivity contribution in [3.8, 4) is 16.9 Å². The van der Waals surface area contributed by atoms with E-state index in [-0.39, 0.29) is 45.9 Å². The van der Waals surface area contributed by atoms with Gasteiger partial charge < -0.3 is 15.2 Å². The molecule has 3 N–H and O–H groups in total. The minimum absolute atomic E-state index is 0.0410. The summed E-state index contributed by atoms with van der Waals surface area (Å²) in [5.41, 5.74) is 2.26. The fourth-order valence-electron chi connectivity index (χ4n) is 4.80. The van der Waals surface area contributed by atoms with Crippen LogP contribution in [0.4, 0.5) is 4.39 Å². The molecule has 206 valence electrons. The molecular formula is C29H31FN2O6S. The minimum Gasteiger partial charge on any atom is -0.496 e. The summed E-state index contributed by atoms with van der Waals surface area (Å²) in [6, 6.07) is 16.5. The zero-order valence-electron chi connectivity index (χ0n) is 21.7. The quantitative estimate of drug-likeness (QED) is 0.345. The molecule has 1 aliphatic carbocycles. The van der Waals surface area contributed by atoms with E-state index in [0.29, 0.717) is 36.8 Å². The Balaban J connectivity index is 1.33. The molecule has 0 aromatic heterocycles. The lowest BCUT2D eigenvalue weighted by Crippen LogP contribution is -2.41.